The summed E-state index contributed by atoms with van der Waals surface area (Å²) in [6, 6.07) is 3.99. The Morgan fingerprint density at radius 2 is 1.86 bits per heavy atom. The molecule has 1 saturated heterocycles. The number of rotatable bonds is 6. The van der Waals surface area contributed by atoms with E-state index in [1.54, 1.807) is 0 Å². The first-order chi connectivity index (χ1) is 13.2. The van der Waals surface area contributed by atoms with Gasteiger partial charge >= 0.3 is 5.97 Å². The van der Waals surface area contributed by atoms with Crippen LogP contribution in [0.1, 0.15) is 30.1 Å². The molecule has 8 nitrogen and oxygen atoms in total. The average Bonchev–Trinajstić information content (AvgIpc) is 3.50. The number of hydrogen-bond acceptors (Lipinski definition) is 6. The van der Waals surface area contributed by atoms with Crippen LogP contribution in [0.15, 0.2) is 23.1 Å². The molecular weight excluding hydrogens is 406 g/mol. The lowest BCUT2D eigenvalue weighted by atomic mass is 10.2. The summed E-state index contributed by atoms with van der Waals surface area (Å²) >= 11 is 6.13. The van der Waals surface area contributed by atoms with Gasteiger partial charge in [-0.3, -0.25) is 9.69 Å². The van der Waals surface area contributed by atoms with Crippen LogP contribution in [0.3, 0.4) is 0 Å². The van der Waals surface area contributed by atoms with Crippen molar-refractivity contribution in [1.82, 2.24) is 14.5 Å². The maximum absolute atomic E-state index is 13.0. The van der Waals surface area contributed by atoms with Gasteiger partial charge in [0.05, 0.1) is 23.7 Å². The highest BCUT2D eigenvalue weighted by Crippen LogP contribution is 2.27. The molecule has 1 aliphatic carbocycles. The van der Waals surface area contributed by atoms with Crippen LogP contribution in [0, 0.1) is 0 Å². The molecule has 0 aromatic heterocycles. The minimum atomic E-state index is -3.80. The van der Waals surface area contributed by atoms with E-state index in [4.69, 9.17) is 11.6 Å². The van der Waals surface area contributed by atoms with E-state index in [-0.39, 0.29) is 40.5 Å². The fraction of sp³-hybridized carbons (Fsp3) is 0.556. The molecule has 1 unspecified atom stereocenters. The maximum atomic E-state index is 13.0. The third kappa shape index (κ3) is 4.48. The van der Waals surface area contributed by atoms with Gasteiger partial charge in [0.1, 0.15) is 4.90 Å². The van der Waals surface area contributed by atoms with Crippen LogP contribution in [-0.2, 0) is 19.6 Å². The molecule has 2 aliphatic rings. The topological polar surface area (TPSA) is 96.0 Å². The standard InChI is InChI=1S/C18H24ClN3O5S/c1-12(17(23)20-14-4-5-14)21-7-9-22(10-8-21)28(25,26)16-6-3-13(11-15(16)19)18(24)27-2/h3,6,11-12,14H,4-5,7-10H2,1-2H3,(H,20,23). The predicted octanol–water partition coefficient (Wildman–Crippen LogP) is 1.10. The second kappa shape index (κ2) is 8.36. The Bertz CT molecular complexity index is 864. The van der Waals surface area contributed by atoms with Gasteiger partial charge in [0, 0.05) is 32.2 Å². The zero-order chi connectivity index (χ0) is 20.5. The number of carbonyl (C=O) groups is 2. The molecule has 1 heterocycles. The molecule has 1 atom stereocenters. The van der Waals surface area contributed by atoms with Crippen molar-refractivity contribution >= 4 is 33.5 Å². The van der Waals surface area contributed by atoms with Crippen LogP contribution in [0.5, 0.6) is 0 Å². The molecule has 3 rings (SSSR count). The van der Waals surface area contributed by atoms with Gasteiger partial charge in [0.15, 0.2) is 0 Å². The second-order valence-corrected chi connectivity index (χ2v) is 9.35. The van der Waals surface area contributed by atoms with Gasteiger partial charge in [-0.25, -0.2) is 13.2 Å². The Labute approximate surface area is 169 Å². The summed E-state index contributed by atoms with van der Waals surface area (Å²) in [4.78, 5) is 25.7. The number of ether oxygens (including phenoxy) is 1. The van der Waals surface area contributed by atoms with Crippen LogP contribution in [0.4, 0.5) is 0 Å². The molecule has 1 saturated carbocycles. The SMILES string of the molecule is COC(=O)c1ccc(S(=O)(=O)N2CCN(C(C)C(=O)NC3CC3)CC2)c(Cl)c1. The number of amides is 1. The summed E-state index contributed by atoms with van der Waals surface area (Å²) in [5.41, 5.74) is 0.187. The summed E-state index contributed by atoms with van der Waals surface area (Å²) in [5, 5.41) is 2.95. The number of methoxy groups -OCH3 is 1. The minimum absolute atomic E-state index is 0.0137. The number of sulfonamides is 1. The fourth-order valence-electron chi connectivity index (χ4n) is 3.14. The largest absolute Gasteiger partial charge is 0.465 e. The highest BCUT2D eigenvalue weighted by molar-refractivity contribution is 7.89. The number of esters is 1. The summed E-state index contributed by atoms with van der Waals surface area (Å²) in [6.07, 6.45) is 2.06. The highest BCUT2D eigenvalue weighted by Gasteiger charge is 2.34. The average molecular weight is 430 g/mol. The van der Waals surface area contributed by atoms with E-state index in [2.05, 4.69) is 10.1 Å². The smallest absolute Gasteiger partial charge is 0.337 e. The minimum Gasteiger partial charge on any atom is -0.465 e. The van der Waals surface area contributed by atoms with Crippen molar-refractivity contribution in [3.8, 4) is 0 Å². The van der Waals surface area contributed by atoms with E-state index in [0.717, 1.165) is 12.8 Å². The Kier molecular flexibility index (Phi) is 6.28. The lowest BCUT2D eigenvalue weighted by Gasteiger charge is -2.36. The molecule has 0 spiro atoms. The van der Waals surface area contributed by atoms with Gasteiger partial charge in [-0.1, -0.05) is 11.6 Å². The molecule has 28 heavy (non-hydrogen) atoms. The molecule has 2 fully saturated rings. The quantitative estimate of drug-likeness (QED) is 0.680. The number of carbonyl (C=O) groups excluding carboxylic acids is 2. The van der Waals surface area contributed by atoms with E-state index >= 15 is 0 Å². The Morgan fingerprint density at radius 1 is 1.21 bits per heavy atom. The lowest BCUT2D eigenvalue weighted by molar-refractivity contribution is -0.126. The van der Waals surface area contributed by atoms with E-state index in [0.29, 0.717) is 19.1 Å². The van der Waals surface area contributed by atoms with Crippen molar-refractivity contribution in [2.75, 3.05) is 33.3 Å². The summed E-state index contributed by atoms with van der Waals surface area (Å²) < 4.78 is 31.9. The first-order valence-electron chi connectivity index (χ1n) is 9.16. The highest BCUT2D eigenvalue weighted by atomic mass is 35.5. The second-order valence-electron chi connectivity index (χ2n) is 7.04. The third-order valence-electron chi connectivity index (χ3n) is 5.09. The summed E-state index contributed by atoms with van der Waals surface area (Å²) in [6.45, 7) is 3.27. The van der Waals surface area contributed by atoms with Gasteiger partial charge in [-0.05, 0) is 38.0 Å². The maximum Gasteiger partial charge on any atom is 0.337 e. The van der Waals surface area contributed by atoms with Crippen LogP contribution < -0.4 is 5.32 Å². The summed E-state index contributed by atoms with van der Waals surface area (Å²) in [5.74, 6) is -0.599. The number of piperazine rings is 1. The zero-order valence-corrected chi connectivity index (χ0v) is 17.4. The molecule has 10 heteroatoms. The van der Waals surface area contributed by atoms with E-state index in [1.807, 2.05) is 11.8 Å². The van der Waals surface area contributed by atoms with Gasteiger partial charge in [-0.15, -0.1) is 0 Å². The Hall–Kier alpha value is -1.68. The molecule has 0 radical (unpaired) electrons. The van der Waals surface area contributed by atoms with Gasteiger partial charge in [0.25, 0.3) is 0 Å². The van der Waals surface area contributed by atoms with E-state index in [1.165, 1.54) is 29.6 Å². The molecular formula is C18H24ClN3O5S. The molecule has 1 amide bonds. The van der Waals surface area contributed by atoms with Crippen molar-refractivity contribution in [3.05, 3.63) is 28.8 Å². The number of nitrogens with one attached hydrogen (secondary N) is 1. The van der Waals surface area contributed by atoms with E-state index in [9.17, 15) is 18.0 Å². The lowest BCUT2D eigenvalue weighted by Crippen LogP contribution is -2.55. The van der Waals surface area contributed by atoms with Crippen molar-refractivity contribution in [2.24, 2.45) is 0 Å². The summed E-state index contributed by atoms with van der Waals surface area (Å²) in [7, 11) is -2.56. The number of benzene rings is 1. The van der Waals surface area contributed by atoms with Crippen LogP contribution >= 0.6 is 11.6 Å². The Balaban J connectivity index is 1.65. The van der Waals surface area contributed by atoms with Gasteiger partial charge in [-0.2, -0.15) is 4.31 Å². The van der Waals surface area contributed by atoms with E-state index < -0.39 is 16.0 Å². The van der Waals surface area contributed by atoms with Crippen molar-refractivity contribution in [3.63, 3.8) is 0 Å². The monoisotopic (exact) mass is 429 g/mol. The first kappa shape index (κ1) is 21.0. The predicted molar refractivity (Wildman–Crippen MR) is 104 cm³/mol. The molecule has 154 valence electrons. The molecule has 1 N–H and O–H groups in total. The van der Waals surface area contributed by atoms with Crippen molar-refractivity contribution in [2.45, 2.75) is 36.7 Å². The molecule has 1 aliphatic heterocycles. The van der Waals surface area contributed by atoms with Crippen LogP contribution in [-0.4, -0.2) is 74.9 Å². The fourth-order valence-corrected chi connectivity index (χ4v) is 5.08. The molecule has 0 bridgehead atoms. The normalized spacial score (nSPS) is 19.8. The van der Waals surface area contributed by atoms with Gasteiger partial charge < -0.3 is 10.1 Å². The first-order valence-corrected chi connectivity index (χ1v) is 11.0. The van der Waals surface area contributed by atoms with Crippen LogP contribution in [0.2, 0.25) is 5.02 Å². The van der Waals surface area contributed by atoms with Crippen molar-refractivity contribution < 1.29 is 22.7 Å². The molecule has 1 aromatic rings. The van der Waals surface area contributed by atoms with Crippen molar-refractivity contribution in [1.29, 1.82) is 0 Å². The van der Waals surface area contributed by atoms with Crippen LogP contribution in [0.25, 0.3) is 0 Å². The number of hydrogen-bond donors (Lipinski definition) is 1. The number of nitrogens with zero attached hydrogens (tertiary/aromatic N) is 2. The van der Waals surface area contributed by atoms with Gasteiger partial charge in [0.2, 0.25) is 15.9 Å². The number of halogens is 1. The zero-order valence-electron chi connectivity index (χ0n) is 15.9. The third-order valence-corrected chi connectivity index (χ3v) is 7.48. The Morgan fingerprint density at radius 3 is 2.39 bits per heavy atom. The molecule has 1 aromatic carbocycles.